The van der Waals surface area contributed by atoms with E-state index < -0.39 is 24.3 Å². The number of carbonyl (C=O) groups excluding carboxylic acids is 4. The van der Waals surface area contributed by atoms with Crippen LogP contribution in [0.4, 0.5) is 9.59 Å². The Hall–Kier alpha value is -5.77. The van der Waals surface area contributed by atoms with Crippen LogP contribution in [-0.4, -0.2) is 98.1 Å². The van der Waals surface area contributed by atoms with Crippen molar-refractivity contribution in [1.29, 1.82) is 0 Å². The number of aromatic nitrogens is 5. The molecule has 2 fully saturated rings. The van der Waals surface area contributed by atoms with Gasteiger partial charge in [-0.1, -0.05) is 58.0 Å². The van der Waals surface area contributed by atoms with Crippen molar-refractivity contribution in [2.24, 2.45) is 11.8 Å². The molecule has 2 aliphatic heterocycles. The standard InChI is InChI=1S/C41H49N9O6S/c1-22(2)33(47-40(53)55-5)38(51)49-17-7-9-30(49)35-42-20-28(44-35)25-13-11-24(12-14-25)26-15-16-27-32(19-26)57-37(46-27)29-21-43-36(45-29)31-10-8-18-50(31)39(52)34(23(3)4)48-41(54)56-6/h11-16,19-23,30-31,33-34H,7-10,17-18H2,1-6H3,(H,42,44)(H,43,45)(H,47,53)(H,48,54)/t30-,31-,33-,34?/m0/s1. The van der Waals surface area contributed by atoms with Gasteiger partial charge in [0, 0.05) is 13.1 Å². The fourth-order valence-electron chi connectivity index (χ4n) is 7.71. The summed E-state index contributed by atoms with van der Waals surface area (Å²) in [4.78, 5) is 75.8. The number of rotatable bonds is 11. The number of ether oxygens (including phenoxy) is 2. The Morgan fingerprint density at radius 2 is 1.21 bits per heavy atom. The first-order chi connectivity index (χ1) is 27.4. The highest BCUT2D eigenvalue weighted by Crippen LogP contribution is 2.37. The maximum Gasteiger partial charge on any atom is 0.407 e. The number of nitrogens with zero attached hydrogens (tertiary/aromatic N) is 5. The van der Waals surface area contributed by atoms with Crippen molar-refractivity contribution in [3.63, 3.8) is 0 Å². The third-order valence-corrected chi connectivity index (χ3v) is 11.9. The Labute approximate surface area is 335 Å². The highest BCUT2D eigenvalue weighted by Gasteiger charge is 2.39. The third kappa shape index (κ3) is 8.22. The van der Waals surface area contributed by atoms with E-state index >= 15 is 0 Å². The summed E-state index contributed by atoms with van der Waals surface area (Å²) in [6.07, 6.45) is 5.54. The summed E-state index contributed by atoms with van der Waals surface area (Å²) in [5.74, 6) is 0.902. The molecule has 0 spiro atoms. The van der Waals surface area contributed by atoms with Gasteiger partial charge in [0.2, 0.25) is 11.8 Å². The van der Waals surface area contributed by atoms with Gasteiger partial charge in [0.1, 0.15) is 28.7 Å². The van der Waals surface area contributed by atoms with E-state index in [0.717, 1.165) is 74.8 Å². The Balaban J connectivity index is 1.03. The maximum absolute atomic E-state index is 13.6. The first-order valence-corrected chi connectivity index (χ1v) is 20.2. The van der Waals surface area contributed by atoms with E-state index in [2.05, 4.69) is 67.0 Å². The number of carbonyl (C=O) groups is 4. The summed E-state index contributed by atoms with van der Waals surface area (Å²) in [5, 5.41) is 6.19. The number of nitrogens with one attached hydrogen (secondary N) is 4. The van der Waals surface area contributed by atoms with Crippen molar-refractivity contribution in [1.82, 2.24) is 45.4 Å². The minimum Gasteiger partial charge on any atom is -0.453 e. The van der Waals surface area contributed by atoms with Gasteiger partial charge in [-0.25, -0.2) is 24.5 Å². The van der Waals surface area contributed by atoms with E-state index in [1.807, 2.05) is 33.8 Å². The van der Waals surface area contributed by atoms with Gasteiger partial charge in [0.15, 0.2) is 0 Å². The molecule has 15 nitrogen and oxygen atoms in total. The SMILES string of the molecule is COC(=O)NC(C(=O)N1CCC[C@H]1c1ncc(-c2nc3ccc(-c4ccc(-c5cnc([C@@H]6CCCN6C(=O)[C@@H](NC(=O)OC)C(C)C)[nH]5)cc4)cc3s2)[nH]1)C(C)C. The van der Waals surface area contributed by atoms with Gasteiger partial charge in [-0.05, 0) is 66.3 Å². The van der Waals surface area contributed by atoms with Crippen LogP contribution in [0.2, 0.25) is 0 Å². The van der Waals surface area contributed by atoms with Crippen molar-refractivity contribution in [3.8, 4) is 33.1 Å². The number of aromatic amines is 2. The quantitative estimate of drug-likeness (QED) is 0.111. The van der Waals surface area contributed by atoms with Crippen LogP contribution in [0.3, 0.4) is 0 Å². The van der Waals surface area contributed by atoms with Crippen molar-refractivity contribution in [2.45, 2.75) is 77.5 Å². The van der Waals surface area contributed by atoms with Crippen LogP contribution >= 0.6 is 11.3 Å². The van der Waals surface area contributed by atoms with Gasteiger partial charge in [-0.2, -0.15) is 0 Å². The van der Waals surface area contributed by atoms with E-state index in [0.29, 0.717) is 18.9 Å². The highest BCUT2D eigenvalue weighted by atomic mass is 32.1. The van der Waals surface area contributed by atoms with Gasteiger partial charge >= 0.3 is 12.2 Å². The van der Waals surface area contributed by atoms with Crippen LogP contribution < -0.4 is 10.6 Å². The van der Waals surface area contributed by atoms with Crippen LogP contribution in [0.25, 0.3) is 43.3 Å². The number of fused-ring (bicyclic) bond motifs is 1. The number of methoxy groups -OCH3 is 2. The molecule has 2 aliphatic rings. The van der Waals surface area contributed by atoms with Gasteiger partial charge in [0.05, 0.1) is 60.3 Å². The van der Waals surface area contributed by atoms with Crippen LogP contribution in [0.1, 0.15) is 77.1 Å². The van der Waals surface area contributed by atoms with Crippen LogP contribution in [0.5, 0.6) is 0 Å². The lowest BCUT2D eigenvalue weighted by molar-refractivity contribution is -0.136. The second-order valence-electron chi connectivity index (χ2n) is 15.2. The molecule has 2 saturated heterocycles. The molecule has 0 bridgehead atoms. The molecule has 0 saturated carbocycles. The Bertz CT molecular complexity index is 2250. The molecule has 57 heavy (non-hydrogen) atoms. The van der Waals surface area contributed by atoms with Crippen LogP contribution in [-0.2, 0) is 19.1 Å². The monoisotopic (exact) mass is 795 g/mol. The van der Waals surface area contributed by atoms with Crippen molar-refractivity contribution >= 4 is 45.6 Å². The zero-order valence-electron chi connectivity index (χ0n) is 33.0. The maximum atomic E-state index is 13.6. The van der Waals surface area contributed by atoms with Gasteiger partial charge in [-0.15, -0.1) is 11.3 Å². The van der Waals surface area contributed by atoms with E-state index in [1.165, 1.54) is 14.2 Å². The number of likely N-dealkylation sites (tertiary alicyclic amines) is 2. The number of alkyl carbamates (subject to hydrolysis) is 2. The first kappa shape index (κ1) is 39.5. The molecule has 5 aromatic rings. The molecule has 4 amide bonds. The molecular weight excluding hydrogens is 747 g/mol. The average molecular weight is 796 g/mol. The number of hydrogen-bond acceptors (Lipinski definition) is 10. The molecule has 7 rings (SSSR count). The predicted molar refractivity (Wildman–Crippen MR) is 216 cm³/mol. The summed E-state index contributed by atoms with van der Waals surface area (Å²) >= 11 is 1.57. The number of hydrogen-bond donors (Lipinski definition) is 4. The van der Waals surface area contributed by atoms with Crippen molar-refractivity contribution in [3.05, 3.63) is 66.5 Å². The number of imidazole rings is 2. The molecule has 3 aromatic heterocycles. The molecule has 5 heterocycles. The van der Waals surface area contributed by atoms with Gasteiger partial charge < -0.3 is 39.9 Å². The van der Waals surface area contributed by atoms with E-state index in [9.17, 15) is 19.2 Å². The molecular formula is C41H49N9O6S. The number of H-pyrrole nitrogens is 2. The molecule has 4 atom stereocenters. The lowest BCUT2D eigenvalue weighted by Crippen LogP contribution is -2.51. The molecule has 1 unspecified atom stereocenters. The molecule has 16 heteroatoms. The van der Waals surface area contributed by atoms with Crippen LogP contribution in [0.15, 0.2) is 54.9 Å². The number of benzene rings is 2. The smallest absolute Gasteiger partial charge is 0.407 e. The molecule has 300 valence electrons. The second kappa shape index (κ2) is 16.8. The Morgan fingerprint density at radius 1 is 0.719 bits per heavy atom. The molecule has 0 radical (unpaired) electrons. The van der Waals surface area contributed by atoms with Crippen molar-refractivity contribution in [2.75, 3.05) is 27.3 Å². The fourth-order valence-corrected chi connectivity index (χ4v) is 8.68. The largest absolute Gasteiger partial charge is 0.453 e. The fraction of sp³-hybridized carbons (Fsp3) is 0.439. The zero-order valence-corrected chi connectivity index (χ0v) is 33.8. The number of thiazole rings is 1. The first-order valence-electron chi connectivity index (χ1n) is 19.4. The van der Waals surface area contributed by atoms with E-state index in [-0.39, 0.29) is 35.7 Å². The second-order valence-corrected chi connectivity index (χ2v) is 16.3. The lowest BCUT2D eigenvalue weighted by Gasteiger charge is -2.30. The van der Waals surface area contributed by atoms with Crippen LogP contribution in [0, 0.1) is 11.8 Å². The topological polar surface area (TPSA) is 188 Å². The summed E-state index contributed by atoms with van der Waals surface area (Å²) in [6.45, 7) is 8.77. The van der Waals surface area contributed by atoms with E-state index in [4.69, 9.17) is 14.5 Å². The highest BCUT2D eigenvalue weighted by molar-refractivity contribution is 7.21. The molecule has 4 N–H and O–H groups in total. The minimum absolute atomic E-state index is 0.108. The average Bonchev–Trinajstić information content (AvgIpc) is 4.06. The van der Waals surface area contributed by atoms with E-state index in [1.54, 1.807) is 33.5 Å². The summed E-state index contributed by atoms with van der Waals surface area (Å²) in [6, 6.07) is 12.7. The summed E-state index contributed by atoms with van der Waals surface area (Å²) in [7, 11) is 2.58. The zero-order chi connectivity index (χ0) is 40.4. The van der Waals surface area contributed by atoms with Gasteiger partial charge in [-0.3, -0.25) is 9.59 Å². The van der Waals surface area contributed by atoms with Crippen molar-refractivity contribution < 1.29 is 28.7 Å². The lowest BCUT2D eigenvalue weighted by atomic mass is 10.0. The minimum atomic E-state index is -0.699. The third-order valence-electron chi connectivity index (χ3n) is 10.8. The van der Waals surface area contributed by atoms with Gasteiger partial charge in [0.25, 0.3) is 0 Å². The Morgan fingerprint density at radius 3 is 1.74 bits per heavy atom. The molecule has 0 aliphatic carbocycles. The predicted octanol–water partition coefficient (Wildman–Crippen LogP) is 6.83. The normalized spacial score (nSPS) is 18.0. The summed E-state index contributed by atoms with van der Waals surface area (Å²) in [5.41, 5.74) is 5.60. The summed E-state index contributed by atoms with van der Waals surface area (Å²) < 4.78 is 10.6. The number of amides is 4. The Kier molecular flexibility index (Phi) is 11.6. The molecule has 2 aromatic carbocycles.